The van der Waals surface area contributed by atoms with Gasteiger partial charge in [0.25, 0.3) is 0 Å². The molecule has 1 aliphatic carbocycles. The minimum absolute atomic E-state index is 0.252. The third-order valence-electron chi connectivity index (χ3n) is 4.39. The van der Waals surface area contributed by atoms with E-state index in [4.69, 9.17) is 10.5 Å². The van der Waals surface area contributed by atoms with Crippen molar-refractivity contribution in [1.29, 1.82) is 0 Å². The zero-order valence-electron chi connectivity index (χ0n) is 11.0. The van der Waals surface area contributed by atoms with Crippen LogP contribution in [0.25, 0.3) is 0 Å². The van der Waals surface area contributed by atoms with E-state index in [-0.39, 0.29) is 6.04 Å². The zero-order chi connectivity index (χ0) is 12.9. The Balaban J connectivity index is 1.81. The van der Waals surface area contributed by atoms with Crippen LogP contribution in [-0.2, 0) is 12.8 Å². The summed E-state index contributed by atoms with van der Waals surface area (Å²) in [7, 11) is 0. The van der Waals surface area contributed by atoms with E-state index in [2.05, 4.69) is 41.9 Å². The lowest BCUT2D eigenvalue weighted by Crippen LogP contribution is -2.27. The highest BCUT2D eigenvalue weighted by molar-refractivity contribution is 9.10. The highest BCUT2D eigenvalue weighted by Gasteiger charge is 2.48. The van der Waals surface area contributed by atoms with E-state index in [1.165, 1.54) is 17.5 Å². The standard InChI is InChI=1S/C15H20BrNO/c1-15(2)8-12(15)13(17)7-10-6-11(16)5-9-3-4-18-14(9)10/h5-6,12-13H,3-4,7-8,17H2,1-2H3. The quantitative estimate of drug-likeness (QED) is 0.930. The number of benzene rings is 1. The summed E-state index contributed by atoms with van der Waals surface area (Å²) in [6, 6.07) is 4.58. The van der Waals surface area contributed by atoms with Gasteiger partial charge >= 0.3 is 0 Å². The molecule has 0 spiro atoms. The summed E-state index contributed by atoms with van der Waals surface area (Å²) in [5, 5.41) is 0. The van der Waals surface area contributed by atoms with Crippen LogP contribution in [-0.4, -0.2) is 12.6 Å². The molecule has 0 radical (unpaired) electrons. The molecule has 0 aromatic heterocycles. The number of hydrogen-bond donors (Lipinski definition) is 1. The molecule has 2 unspecified atom stereocenters. The van der Waals surface area contributed by atoms with Crippen molar-refractivity contribution in [2.45, 2.75) is 39.2 Å². The Labute approximate surface area is 117 Å². The topological polar surface area (TPSA) is 35.2 Å². The molecule has 2 N–H and O–H groups in total. The number of rotatable bonds is 3. The smallest absolute Gasteiger partial charge is 0.125 e. The Kier molecular flexibility index (Phi) is 2.94. The molecule has 1 aliphatic heterocycles. The molecule has 2 aliphatic rings. The maximum atomic E-state index is 6.36. The Morgan fingerprint density at radius 2 is 2.22 bits per heavy atom. The third-order valence-corrected chi connectivity index (χ3v) is 4.85. The van der Waals surface area contributed by atoms with Crippen molar-refractivity contribution in [3.8, 4) is 5.75 Å². The van der Waals surface area contributed by atoms with Crippen molar-refractivity contribution >= 4 is 15.9 Å². The summed E-state index contributed by atoms with van der Waals surface area (Å²) in [6.07, 6.45) is 3.20. The molecular formula is C15H20BrNO. The fourth-order valence-electron chi connectivity index (χ4n) is 3.13. The van der Waals surface area contributed by atoms with Crippen LogP contribution in [0.4, 0.5) is 0 Å². The second-order valence-electron chi connectivity index (χ2n) is 6.32. The number of nitrogens with two attached hydrogens (primary N) is 1. The van der Waals surface area contributed by atoms with Crippen LogP contribution in [0.1, 0.15) is 31.4 Å². The monoisotopic (exact) mass is 309 g/mol. The predicted octanol–water partition coefficient (Wildman–Crippen LogP) is 3.30. The molecule has 1 heterocycles. The van der Waals surface area contributed by atoms with E-state index >= 15 is 0 Å². The van der Waals surface area contributed by atoms with Crippen LogP contribution < -0.4 is 10.5 Å². The Hall–Kier alpha value is -0.540. The van der Waals surface area contributed by atoms with E-state index in [0.29, 0.717) is 11.3 Å². The lowest BCUT2D eigenvalue weighted by Gasteiger charge is -2.16. The third kappa shape index (κ3) is 2.19. The lowest BCUT2D eigenvalue weighted by molar-refractivity contribution is 0.351. The summed E-state index contributed by atoms with van der Waals surface area (Å²) >= 11 is 3.58. The van der Waals surface area contributed by atoms with E-state index < -0.39 is 0 Å². The summed E-state index contributed by atoms with van der Waals surface area (Å²) in [5.74, 6) is 1.75. The van der Waals surface area contributed by atoms with Crippen molar-refractivity contribution < 1.29 is 4.74 Å². The fraction of sp³-hybridized carbons (Fsp3) is 0.600. The average Bonchev–Trinajstić information content (AvgIpc) is 2.73. The Bertz CT molecular complexity index is 484. The second-order valence-corrected chi connectivity index (χ2v) is 7.23. The van der Waals surface area contributed by atoms with Gasteiger partial charge in [0.2, 0.25) is 0 Å². The first kappa shape index (κ1) is 12.5. The normalized spacial score (nSPS) is 25.4. The van der Waals surface area contributed by atoms with Gasteiger partial charge in [-0.05, 0) is 47.4 Å². The number of halogens is 1. The van der Waals surface area contributed by atoms with E-state index in [9.17, 15) is 0 Å². The number of ether oxygens (including phenoxy) is 1. The van der Waals surface area contributed by atoms with Gasteiger partial charge in [0, 0.05) is 16.9 Å². The van der Waals surface area contributed by atoms with Crippen LogP contribution >= 0.6 is 15.9 Å². The molecule has 3 heteroatoms. The summed E-state index contributed by atoms with van der Waals surface area (Å²) in [5.41, 5.74) is 9.39. The molecule has 1 fully saturated rings. The van der Waals surface area contributed by atoms with E-state index in [1.807, 2.05) is 0 Å². The SMILES string of the molecule is CC1(C)CC1C(N)Cc1cc(Br)cc2c1OCC2. The second kappa shape index (κ2) is 4.24. The predicted molar refractivity (Wildman–Crippen MR) is 76.9 cm³/mol. The van der Waals surface area contributed by atoms with Crippen LogP contribution in [0, 0.1) is 11.3 Å². The first-order valence-electron chi connectivity index (χ1n) is 6.67. The maximum absolute atomic E-state index is 6.36. The van der Waals surface area contributed by atoms with Crippen molar-refractivity contribution in [3.05, 3.63) is 27.7 Å². The Morgan fingerprint density at radius 1 is 1.50 bits per heavy atom. The van der Waals surface area contributed by atoms with Gasteiger partial charge < -0.3 is 10.5 Å². The summed E-state index contributed by atoms with van der Waals surface area (Å²) < 4.78 is 6.90. The lowest BCUT2D eigenvalue weighted by atomic mass is 9.96. The number of fused-ring (bicyclic) bond motifs is 1. The van der Waals surface area contributed by atoms with Crippen molar-refractivity contribution in [1.82, 2.24) is 0 Å². The molecular weight excluding hydrogens is 290 g/mol. The van der Waals surface area contributed by atoms with Crippen LogP contribution in [0.15, 0.2) is 16.6 Å². The van der Waals surface area contributed by atoms with Gasteiger partial charge in [-0.25, -0.2) is 0 Å². The highest BCUT2D eigenvalue weighted by atomic mass is 79.9. The van der Waals surface area contributed by atoms with Crippen LogP contribution in [0.5, 0.6) is 5.75 Å². The maximum Gasteiger partial charge on any atom is 0.125 e. The molecule has 3 rings (SSSR count). The minimum Gasteiger partial charge on any atom is -0.493 e. The molecule has 18 heavy (non-hydrogen) atoms. The largest absolute Gasteiger partial charge is 0.493 e. The molecule has 1 saturated carbocycles. The van der Waals surface area contributed by atoms with Gasteiger partial charge in [0.05, 0.1) is 6.61 Å². The molecule has 0 amide bonds. The highest BCUT2D eigenvalue weighted by Crippen LogP contribution is 2.53. The molecule has 2 atom stereocenters. The van der Waals surface area contributed by atoms with Gasteiger partial charge in [-0.2, -0.15) is 0 Å². The Morgan fingerprint density at radius 3 is 2.89 bits per heavy atom. The van der Waals surface area contributed by atoms with Crippen molar-refractivity contribution in [2.75, 3.05) is 6.61 Å². The van der Waals surface area contributed by atoms with Crippen LogP contribution in [0.2, 0.25) is 0 Å². The van der Waals surface area contributed by atoms with E-state index in [0.717, 1.165) is 29.7 Å². The molecule has 1 aromatic carbocycles. The summed E-state index contributed by atoms with van der Waals surface area (Å²) in [4.78, 5) is 0. The fourth-order valence-corrected chi connectivity index (χ4v) is 3.69. The minimum atomic E-state index is 0.252. The van der Waals surface area contributed by atoms with Gasteiger partial charge in [-0.1, -0.05) is 29.8 Å². The molecule has 0 saturated heterocycles. The average molecular weight is 310 g/mol. The van der Waals surface area contributed by atoms with Gasteiger partial charge in [0.15, 0.2) is 0 Å². The zero-order valence-corrected chi connectivity index (χ0v) is 12.6. The van der Waals surface area contributed by atoms with Crippen molar-refractivity contribution in [3.63, 3.8) is 0 Å². The molecule has 0 bridgehead atoms. The van der Waals surface area contributed by atoms with Gasteiger partial charge in [-0.15, -0.1) is 0 Å². The molecule has 98 valence electrons. The number of hydrogen-bond acceptors (Lipinski definition) is 2. The van der Waals surface area contributed by atoms with Crippen molar-refractivity contribution in [2.24, 2.45) is 17.1 Å². The molecule has 1 aromatic rings. The van der Waals surface area contributed by atoms with Gasteiger partial charge in [0.1, 0.15) is 5.75 Å². The van der Waals surface area contributed by atoms with E-state index in [1.54, 1.807) is 0 Å². The summed E-state index contributed by atoms with van der Waals surface area (Å²) in [6.45, 7) is 5.42. The van der Waals surface area contributed by atoms with Gasteiger partial charge in [-0.3, -0.25) is 0 Å². The molecule has 2 nitrogen and oxygen atoms in total. The first-order chi connectivity index (χ1) is 8.47. The first-order valence-corrected chi connectivity index (χ1v) is 7.46. The van der Waals surface area contributed by atoms with Crippen LogP contribution in [0.3, 0.4) is 0 Å².